The van der Waals surface area contributed by atoms with Crippen molar-refractivity contribution in [1.29, 1.82) is 0 Å². The number of nitrogens with one attached hydrogen (secondary N) is 1. The van der Waals surface area contributed by atoms with E-state index in [1.165, 1.54) is 17.0 Å². The minimum Gasteiger partial charge on any atom is -0.352 e. The Labute approximate surface area is 283 Å². The topological polar surface area (TPSA) is 86.8 Å². The molecular weight excluding hydrogens is 630 g/mol. The van der Waals surface area contributed by atoms with Crippen LogP contribution < -0.4 is 9.62 Å². The molecule has 4 aromatic rings. The molecule has 1 N–H and O–H groups in total. The van der Waals surface area contributed by atoms with Crippen LogP contribution in [0.3, 0.4) is 0 Å². The standard InChI is InChI=1S/C38H42ClN3O4S/c1-2-29-21-23-34(24-22-29)42(47(45,46)35-19-10-5-11-20-35)28-37(43)41(27-31-15-12-16-32(39)25-31)36(26-30-13-6-3-7-14-30)38(44)40-33-17-8-4-9-18-33/h3,5-7,10-16,19-25,33,36H,2,4,8-9,17-18,26-28H2,1H3,(H,40,44)/t36-/m0/s1. The molecule has 246 valence electrons. The number of halogens is 1. The minimum atomic E-state index is -4.15. The molecule has 1 aliphatic rings. The van der Waals surface area contributed by atoms with Crippen LogP contribution in [0, 0.1) is 0 Å². The third-order valence-electron chi connectivity index (χ3n) is 8.71. The summed E-state index contributed by atoms with van der Waals surface area (Å²) in [6.45, 7) is 1.60. The van der Waals surface area contributed by atoms with Gasteiger partial charge in [-0.2, -0.15) is 0 Å². The lowest BCUT2D eigenvalue weighted by molar-refractivity contribution is -0.140. The molecule has 0 saturated heterocycles. The van der Waals surface area contributed by atoms with Gasteiger partial charge in [0, 0.05) is 24.0 Å². The number of nitrogens with zero attached hydrogens (tertiary/aromatic N) is 2. The lowest BCUT2D eigenvalue weighted by atomic mass is 9.94. The highest BCUT2D eigenvalue weighted by Crippen LogP contribution is 2.26. The Morgan fingerprint density at radius 2 is 1.45 bits per heavy atom. The average Bonchev–Trinajstić information content (AvgIpc) is 3.10. The molecule has 4 aromatic carbocycles. The van der Waals surface area contributed by atoms with Crippen LogP contribution in [-0.4, -0.2) is 43.8 Å². The first kappa shape index (κ1) is 34.2. The van der Waals surface area contributed by atoms with E-state index in [1.807, 2.05) is 55.5 Å². The van der Waals surface area contributed by atoms with Crippen LogP contribution in [0.4, 0.5) is 5.69 Å². The van der Waals surface area contributed by atoms with Gasteiger partial charge in [-0.1, -0.05) is 111 Å². The Morgan fingerprint density at radius 3 is 2.09 bits per heavy atom. The third kappa shape index (κ3) is 9.02. The van der Waals surface area contributed by atoms with Gasteiger partial charge < -0.3 is 10.2 Å². The monoisotopic (exact) mass is 671 g/mol. The molecular formula is C38H42ClN3O4S. The molecule has 2 amide bonds. The first-order valence-corrected chi connectivity index (χ1v) is 18.1. The highest BCUT2D eigenvalue weighted by atomic mass is 35.5. The van der Waals surface area contributed by atoms with Crippen LogP contribution in [0.15, 0.2) is 114 Å². The highest BCUT2D eigenvalue weighted by Gasteiger charge is 2.35. The van der Waals surface area contributed by atoms with E-state index < -0.39 is 28.5 Å². The van der Waals surface area contributed by atoms with Gasteiger partial charge in [-0.15, -0.1) is 0 Å². The Kier molecular flexibility index (Phi) is 11.7. The van der Waals surface area contributed by atoms with Crippen LogP contribution in [-0.2, 0) is 39.0 Å². The SMILES string of the molecule is CCc1ccc(N(CC(=O)N(Cc2cccc(Cl)c2)[C@@H](Cc2ccccc2)C(=O)NC2CCCCC2)S(=O)(=O)c2ccccc2)cc1. The summed E-state index contributed by atoms with van der Waals surface area (Å²) < 4.78 is 29.5. The molecule has 5 rings (SSSR count). The smallest absolute Gasteiger partial charge is 0.264 e. The zero-order chi connectivity index (χ0) is 33.2. The van der Waals surface area contributed by atoms with Gasteiger partial charge in [-0.05, 0) is 72.4 Å². The van der Waals surface area contributed by atoms with Crippen molar-refractivity contribution in [2.45, 2.75) is 75.4 Å². The number of aryl methyl sites for hydroxylation is 1. The summed E-state index contributed by atoms with van der Waals surface area (Å²) in [6.07, 6.45) is 6.07. The Morgan fingerprint density at radius 1 is 0.809 bits per heavy atom. The molecule has 7 nitrogen and oxygen atoms in total. The third-order valence-corrected chi connectivity index (χ3v) is 10.7. The van der Waals surface area contributed by atoms with E-state index in [9.17, 15) is 18.0 Å². The van der Waals surface area contributed by atoms with Gasteiger partial charge in [0.1, 0.15) is 12.6 Å². The van der Waals surface area contributed by atoms with Gasteiger partial charge in [0.05, 0.1) is 10.6 Å². The zero-order valence-electron chi connectivity index (χ0n) is 26.7. The van der Waals surface area contributed by atoms with E-state index in [2.05, 4.69) is 5.32 Å². The number of carbonyl (C=O) groups excluding carboxylic acids is 2. The van der Waals surface area contributed by atoms with Gasteiger partial charge in [0.25, 0.3) is 10.0 Å². The number of amides is 2. The first-order valence-electron chi connectivity index (χ1n) is 16.3. The molecule has 0 radical (unpaired) electrons. The second-order valence-corrected chi connectivity index (χ2v) is 14.3. The molecule has 0 spiro atoms. The fourth-order valence-corrected chi connectivity index (χ4v) is 7.72. The van der Waals surface area contributed by atoms with Crippen LogP contribution >= 0.6 is 11.6 Å². The summed E-state index contributed by atoms with van der Waals surface area (Å²) in [5.74, 6) is -0.746. The molecule has 9 heteroatoms. The fraction of sp³-hybridized carbons (Fsp3) is 0.316. The van der Waals surface area contributed by atoms with E-state index in [0.29, 0.717) is 10.7 Å². The van der Waals surface area contributed by atoms with Gasteiger partial charge in [0.15, 0.2) is 0 Å². The molecule has 47 heavy (non-hydrogen) atoms. The molecule has 0 unspecified atom stereocenters. The lowest BCUT2D eigenvalue weighted by Crippen LogP contribution is -2.55. The summed E-state index contributed by atoms with van der Waals surface area (Å²) in [4.78, 5) is 30.4. The molecule has 1 atom stereocenters. The largest absolute Gasteiger partial charge is 0.352 e. The van der Waals surface area contributed by atoms with Crippen LogP contribution in [0.1, 0.15) is 55.7 Å². The lowest BCUT2D eigenvalue weighted by Gasteiger charge is -2.35. The molecule has 1 saturated carbocycles. The van der Waals surface area contributed by atoms with Crippen LogP contribution in [0.25, 0.3) is 0 Å². The normalized spacial score (nSPS) is 14.3. The predicted octanol–water partition coefficient (Wildman–Crippen LogP) is 7.19. The number of benzene rings is 4. The first-order chi connectivity index (χ1) is 22.7. The predicted molar refractivity (Wildman–Crippen MR) is 188 cm³/mol. The van der Waals surface area contributed by atoms with E-state index in [4.69, 9.17) is 11.6 Å². The van der Waals surface area contributed by atoms with E-state index in [-0.39, 0.29) is 29.8 Å². The maximum absolute atomic E-state index is 14.7. The number of rotatable bonds is 13. The Balaban J connectivity index is 1.56. The van der Waals surface area contributed by atoms with Crippen molar-refractivity contribution in [2.75, 3.05) is 10.8 Å². The quantitative estimate of drug-likeness (QED) is 0.163. The zero-order valence-corrected chi connectivity index (χ0v) is 28.3. The van der Waals surface area contributed by atoms with Crippen molar-refractivity contribution in [3.8, 4) is 0 Å². The molecule has 0 aliphatic heterocycles. The van der Waals surface area contributed by atoms with Crippen molar-refractivity contribution in [3.63, 3.8) is 0 Å². The second kappa shape index (κ2) is 16.1. The van der Waals surface area contributed by atoms with Crippen molar-refractivity contribution in [2.24, 2.45) is 0 Å². The minimum absolute atomic E-state index is 0.0321. The summed E-state index contributed by atoms with van der Waals surface area (Å²) in [5.41, 5.74) is 3.04. The van der Waals surface area contributed by atoms with E-state index >= 15 is 0 Å². The second-order valence-electron chi connectivity index (χ2n) is 12.0. The number of sulfonamides is 1. The van der Waals surface area contributed by atoms with Crippen molar-refractivity contribution in [1.82, 2.24) is 10.2 Å². The number of carbonyl (C=O) groups is 2. The van der Waals surface area contributed by atoms with Crippen molar-refractivity contribution < 1.29 is 18.0 Å². The average molecular weight is 672 g/mol. The highest BCUT2D eigenvalue weighted by molar-refractivity contribution is 7.92. The van der Waals surface area contributed by atoms with Gasteiger partial charge >= 0.3 is 0 Å². The summed E-state index contributed by atoms with van der Waals surface area (Å²) >= 11 is 6.36. The van der Waals surface area contributed by atoms with Gasteiger partial charge in [0.2, 0.25) is 11.8 Å². The van der Waals surface area contributed by atoms with E-state index in [1.54, 1.807) is 48.5 Å². The summed E-state index contributed by atoms with van der Waals surface area (Å²) in [7, 11) is -4.15. The number of hydrogen-bond donors (Lipinski definition) is 1. The number of hydrogen-bond acceptors (Lipinski definition) is 4. The fourth-order valence-electron chi connectivity index (χ4n) is 6.08. The molecule has 0 aromatic heterocycles. The van der Waals surface area contributed by atoms with Crippen LogP contribution in [0.2, 0.25) is 5.02 Å². The molecule has 0 heterocycles. The summed E-state index contributed by atoms with van der Waals surface area (Å²) in [6, 6.07) is 31.2. The van der Waals surface area contributed by atoms with Crippen molar-refractivity contribution >= 4 is 39.1 Å². The van der Waals surface area contributed by atoms with Crippen LogP contribution in [0.5, 0.6) is 0 Å². The maximum atomic E-state index is 14.7. The van der Waals surface area contributed by atoms with Gasteiger partial charge in [-0.3, -0.25) is 13.9 Å². The molecule has 1 fully saturated rings. The maximum Gasteiger partial charge on any atom is 0.264 e. The summed E-state index contributed by atoms with van der Waals surface area (Å²) in [5, 5.41) is 3.74. The van der Waals surface area contributed by atoms with Crippen molar-refractivity contribution in [3.05, 3.63) is 131 Å². The Bertz CT molecular complexity index is 1730. The molecule has 0 bridgehead atoms. The van der Waals surface area contributed by atoms with Gasteiger partial charge in [-0.25, -0.2) is 8.42 Å². The Hall–Kier alpha value is -4.14. The van der Waals surface area contributed by atoms with E-state index in [0.717, 1.165) is 59.5 Å². The number of anilines is 1. The molecule has 1 aliphatic carbocycles.